The van der Waals surface area contributed by atoms with Crippen LogP contribution >= 0.6 is 0 Å². The van der Waals surface area contributed by atoms with Crippen LogP contribution in [0.1, 0.15) is 85.0 Å². The van der Waals surface area contributed by atoms with E-state index in [1.54, 1.807) is 0 Å². The summed E-state index contributed by atoms with van der Waals surface area (Å²) in [6.07, 6.45) is 21.7. The van der Waals surface area contributed by atoms with Crippen molar-refractivity contribution in [1.82, 2.24) is 0 Å². The third-order valence-electron chi connectivity index (χ3n) is 3.57. The van der Waals surface area contributed by atoms with E-state index in [0.717, 1.165) is 19.4 Å². The molecule has 0 aliphatic rings. The van der Waals surface area contributed by atoms with Crippen molar-refractivity contribution in [2.24, 2.45) is 5.92 Å². The first kappa shape index (κ1) is 19.3. The van der Waals surface area contributed by atoms with Crippen molar-refractivity contribution in [1.29, 1.82) is 0 Å². The maximum absolute atomic E-state index is 5.49. The molecule has 20 heavy (non-hydrogen) atoms. The highest BCUT2D eigenvalue weighted by Crippen LogP contribution is 2.13. The van der Waals surface area contributed by atoms with E-state index in [2.05, 4.69) is 39.0 Å². The Bertz CT molecular complexity index is 230. The molecular weight excluding hydrogens is 244 g/mol. The molecule has 0 N–H and O–H groups in total. The molecular formula is C19H36O. The van der Waals surface area contributed by atoms with Crippen molar-refractivity contribution in [2.75, 3.05) is 6.61 Å². The molecule has 0 aliphatic carbocycles. The summed E-state index contributed by atoms with van der Waals surface area (Å²) in [5.74, 6) is 0.650. The molecule has 0 radical (unpaired) electrons. The summed E-state index contributed by atoms with van der Waals surface area (Å²) < 4.78 is 5.49. The molecule has 0 spiro atoms. The van der Waals surface area contributed by atoms with Crippen LogP contribution in [0.15, 0.2) is 24.5 Å². The second-order valence-electron chi connectivity index (χ2n) is 5.75. The summed E-state index contributed by atoms with van der Waals surface area (Å²) >= 11 is 0. The van der Waals surface area contributed by atoms with Gasteiger partial charge in [0.2, 0.25) is 0 Å². The Hall–Kier alpha value is -0.720. The molecule has 0 heterocycles. The number of hydrogen-bond acceptors (Lipinski definition) is 1. The van der Waals surface area contributed by atoms with Crippen LogP contribution in [0.25, 0.3) is 0 Å². The third-order valence-corrected chi connectivity index (χ3v) is 3.57. The lowest BCUT2D eigenvalue weighted by atomic mass is 10.0. The number of allylic oxidation sites excluding steroid dienone is 2. The standard InChI is InChI=1S/C19H36O/c1-4-6-8-10-11-12-13-15-19(3)16-18-20-17-14-9-7-5-2/h7,9,16,18-19H,4-6,8,10-15,17H2,1-3H3. The Morgan fingerprint density at radius 3 is 2.30 bits per heavy atom. The molecule has 1 nitrogen and oxygen atoms in total. The largest absolute Gasteiger partial charge is 0.501 e. The van der Waals surface area contributed by atoms with Gasteiger partial charge in [0, 0.05) is 0 Å². The van der Waals surface area contributed by atoms with Crippen molar-refractivity contribution in [3.8, 4) is 0 Å². The molecule has 0 saturated carbocycles. The molecule has 1 heteroatoms. The van der Waals surface area contributed by atoms with E-state index < -0.39 is 0 Å². The van der Waals surface area contributed by atoms with Gasteiger partial charge in [0.15, 0.2) is 0 Å². The Labute approximate surface area is 127 Å². The monoisotopic (exact) mass is 280 g/mol. The van der Waals surface area contributed by atoms with E-state index in [0.29, 0.717) is 5.92 Å². The highest BCUT2D eigenvalue weighted by Gasteiger charge is 1.97. The predicted molar refractivity (Wildman–Crippen MR) is 90.9 cm³/mol. The van der Waals surface area contributed by atoms with Crippen LogP contribution in [0, 0.1) is 5.92 Å². The fourth-order valence-corrected chi connectivity index (χ4v) is 2.20. The number of hydrogen-bond donors (Lipinski definition) is 0. The van der Waals surface area contributed by atoms with E-state index in [9.17, 15) is 0 Å². The normalized spacial score (nSPS) is 13.3. The van der Waals surface area contributed by atoms with E-state index in [-0.39, 0.29) is 0 Å². The van der Waals surface area contributed by atoms with E-state index in [1.165, 1.54) is 51.4 Å². The summed E-state index contributed by atoms with van der Waals surface area (Å²) in [7, 11) is 0. The first-order valence-corrected chi connectivity index (χ1v) is 8.74. The van der Waals surface area contributed by atoms with Crippen molar-refractivity contribution in [2.45, 2.75) is 85.0 Å². The van der Waals surface area contributed by atoms with Gasteiger partial charge in [-0.2, -0.15) is 0 Å². The van der Waals surface area contributed by atoms with Crippen LogP contribution in [0.5, 0.6) is 0 Å². The van der Waals surface area contributed by atoms with Gasteiger partial charge in [-0.05, 0) is 31.3 Å². The Balaban J connectivity index is 3.30. The fraction of sp³-hybridized carbons (Fsp3) is 0.789. The number of rotatable bonds is 14. The highest BCUT2D eigenvalue weighted by molar-refractivity contribution is 4.82. The molecule has 0 rings (SSSR count). The smallest absolute Gasteiger partial charge is 0.0907 e. The second-order valence-corrected chi connectivity index (χ2v) is 5.75. The van der Waals surface area contributed by atoms with Crippen LogP contribution in [-0.2, 0) is 4.74 Å². The lowest BCUT2D eigenvalue weighted by Gasteiger charge is -2.06. The molecule has 0 aromatic carbocycles. The minimum Gasteiger partial charge on any atom is -0.501 e. The van der Waals surface area contributed by atoms with Crippen molar-refractivity contribution in [3.63, 3.8) is 0 Å². The topological polar surface area (TPSA) is 9.23 Å². The fourth-order valence-electron chi connectivity index (χ4n) is 2.20. The van der Waals surface area contributed by atoms with Gasteiger partial charge in [-0.1, -0.05) is 77.9 Å². The van der Waals surface area contributed by atoms with Gasteiger partial charge < -0.3 is 4.74 Å². The second kappa shape index (κ2) is 16.3. The minimum absolute atomic E-state index is 0.650. The molecule has 0 bridgehead atoms. The molecule has 0 aromatic rings. The summed E-state index contributed by atoms with van der Waals surface area (Å²) in [5.41, 5.74) is 0. The van der Waals surface area contributed by atoms with Gasteiger partial charge in [-0.3, -0.25) is 0 Å². The molecule has 1 unspecified atom stereocenters. The maximum Gasteiger partial charge on any atom is 0.0907 e. The predicted octanol–water partition coefficient (Wildman–Crippen LogP) is 6.65. The van der Waals surface area contributed by atoms with Gasteiger partial charge in [0.25, 0.3) is 0 Å². The Morgan fingerprint density at radius 1 is 0.900 bits per heavy atom. The third kappa shape index (κ3) is 15.3. The van der Waals surface area contributed by atoms with Gasteiger partial charge in [-0.25, -0.2) is 0 Å². The maximum atomic E-state index is 5.49. The number of ether oxygens (including phenoxy) is 1. The summed E-state index contributed by atoms with van der Waals surface area (Å²) in [6, 6.07) is 0. The minimum atomic E-state index is 0.650. The van der Waals surface area contributed by atoms with Crippen LogP contribution in [0.3, 0.4) is 0 Å². The molecule has 1 atom stereocenters. The highest BCUT2D eigenvalue weighted by atomic mass is 16.5. The summed E-state index contributed by atoms with van der Waals surface area (Å²) in [6.45, 7) is 7.52. The Kier molecular flexibility index (Phi) is 15.7. The SMILES string of the molecule is CCC=CCCOC=CC(C)CCCCCCCCC. The zero-order chi connectivity index (χ0) is 14.9. The van der Waals surface area contributed by atoms with Crippen molar-refractivity contribution in [3.05, 3.63) is 24.5 Å². The lowest BCUT2D eigenvalue weighted by Crippen LogP contribution is -1.91. The first-order chi connectivity index (χ1) is 9.81. The van der Waals surface area contributed by atoms with Gasteiger partial charge in [0.1, 0.15) is 0 Å². The average Bonchev–Trinajstić information content (AvgIpc) is 2.45. The van der Waals surface area contributed by atoms with E-state index in [4.69, 9.17) is 4.74 Å². The van der Waals surface area contributed by atoms with Gasteiger partial charge in [-0.15, -0.1) is 0 Å². The molecule has 0 saturated heterocycles. The van der Waals surface area contributed by atoms with Gasteiger partial charge >= 0.3 is 0 Å². The molecule has 0 fully saturated rings. The molecule has 0 aromatic heterocycles. The van der Waals surface area contributed by atoms with E-state index in [1.807, 2.05) is 6.26 Å². The number of unbranched alkanes of at least 4 members (excludes halogenated alkanes) is 6. The zero-order valence-corrected chi connectivity index (χ0v) is 14.1. The molecule has 118 valence electrons. The molecule has 0 amide bonds. The van der Waals surface area contributed by atoms with Crippen LogP contribution in [-0.4, -0.2) is 6.61 Å². The average molecular weight is 280 g/mol. The van der Waals surface area contributed by atoms with Crippen molar-refractivity contribution < 1.29 is 4.74 Å². The molecule has 0 aliphatic heterocycles. The van der Waals surface area contributed by atoms with Crippen LogP contribution < -0.4 is 0 Å². The lowest BCUT2D eigenvalue weighted by molar-refractivity contribution is 0.253. The summed E-state index contributed by atoms with van der Waals surface area (Å²) in [5, 5.41) is 0. The quantitative estimate of drug-likeness (QED) is 0.197. The Morgan fingerprint density at radius 2 is 1.60 bits per heavy atom. The van der Waals surface area contributed by atoms with Crippen molar-refractivity contribution >= 4 is 0 Å². The van der Waals surface area contributed by atoms with Crippen LogP contribution in [0.2, 0.25) is 0 Å². The van der Waals surface area contributed by atoms with E-state index >= 15 is 0 Å². The zero-order valence-electron chi connectivity index (χ0n) is 14.1. The van der Waals surface area contributed by atoms with Gasteiger partial charge in [0.05, 0.1) is 12.9 Å². The van der Waals surface area contributed by atoms with Crippen LogP contribution in [0.4, 0.5) is 0 Å². The first-order valence-electron chi connectivity index (χ1n) is 8.74. The summed E-state index contributed by atoms with van der Waals surface area (Å²) in [4.78, 5) is 0.